The first kappa shape index (κ1) is 19.6. The average Bonchev–Trinajstić information content (AvgIpc) is 2.57. The van der Waals surface area contributed by atoms with Crippen LogP contribution < -0.4 is 14.2 Å². The molecule has 0 radical (unpaired) electrons. The Morgan fingerprint density at radius 3 is 2.20 bits per heavy atom. The second-order valence-corrected chi connectivity index (χ2v) is 7.52. The van der Waals surface area contributed by atoms with Crippen LogP contribution in [0.5, 0.6) is 11.5 Å². The number of sulfonamides is 1. The van der Waals surface area contributed by atoms with Gasteiger partial charge in [-0.15, -0.1) is 0 Å². The van der Waals surface area contributed by atoms with E-state index in [0.717, 1.165) is 5.56 Å². The van der Waals surface area contributed by atoms with Gasteiger partial charge in [-0.2, -0.15) is 0 Å². The van der Waals surface area contributed by atoms with Crippen LogP contribution in [0.1, 0.15) is 32.4 Å². The maximum atomic E-state index is 12.7. The van der Waals surface area contributed by atoms with Crippen molar-refractivity contribution in [2.24, 2.45) is 0 Å². The minimum Gasteiger partial charge on any atom is -0.490 e. The van der Waals surface area contributed by atoms with Crippen molar-refractivity contribution in [1.29, 1.82) is 0 Å². The van der Waals surface area contributed by atoms with Crippen LogP contribution in [0.3, 0.4) is 0 Å². The Labute approximate surface area is 154 Å². The number of rotatable bonds is 8. The Morgan fingerprint density at radius 1 is 1.00 bits per heavy atom. The summed E-state index contributed by atoms with van der Waals surface area (Å²) >= 11 is 5.87. The number of nitrogens with one attached hydrogen (secondary N) is 1. The van der Waals surface area contributed by atoms with Gasteiger partial charge in [-0.25, -0.2) is 13.1 Å². The summed E-state index contributed by atoms with van der Waals surface area (Å²) in [4.78, 5) is 0.125. The molecular formula is C18H22ClNO4S. The Morgan fingerprint density at radius 2 is 1.60 bits per heavy atom. The second kappa shape index (κ2) is 8.56. The molecule has 2 aromatic carbocycles. The Hall–Kier alpha value is -1.76. The molecule has 0 saturated heterocycles. The fourth-order valence-corrected chi connectivity index (χ4v) is 3.69. The molecule has 0 amide bonds. The molecule has 2 rings (SSSR count). The van der Waals surface area contributed by atoms with Gasteiger partial charge in [-0.3, -0.25) is 0 Å². The molecule has 25 heavy (non-hydrogen) atoms. The summed E-state index contributed by atoms with van der Waals surface area (Å²) in [6, 6.07) is 11.2. The monoisotopic (exact) mass is 383 g/mol. The standard InChI is InChI=1S/C18H22ClNO4S/c1-4-23-17-11-10-16(12-18(17)24-5-2)25(21,22)20-13(3)14-6-8-15(19)9-7-14/h6-13,20H,4-5H2,1-3H3. The molecule has 0 aromatic heterocycles. The van der Waals surface area contributed by atoms with Crippen LogP contribution in [-0.4, -0.2) is 21.6 Å². The minimum atomic E-state index is -3.71. The number of benzene rings is 2. The first-order valence-corrected chi connectivity index (χ1v) is 9.91. The summed E-state index contributed by atoms with van der Waals surface area (Å²) in [6.45, 7) is 6.35. The first-order valence-electron chi connectivity index (χ1n) is 8.04. The lowest BCUT2D eigenvalue weighted by molar-refractivity contribution is 0.287. The lowest BCUT2D eigenvalue weighted by Crippen LogP contribution is -2.27. The SMILES string of the molecule is CCOc1ccc(S(=O)(=O)NC(C)c2ccc(Cl)cc2)cc1OCC. The van der Waals surface area contributed by atoms with Gasteiger partial charge in [0.15, 0.2) is 11.5 Å². The molecule has 0 bridgehead atoms. The van der Waals surface area contributed by atoms with Gasteiger partial charge in [-0.05, 0) is 50.6 Å². The zero-order chi connectivity index (χ0) is 18.4. The average molecular weight is 384 g/mol. The van der Waals surface area contributed by atoms with Crippen LogP contribution in [-0.2, 0) is 10.0 Å². The van der Waals surface area contributed by atoms with E-state index < -0.39 is 16.1 Å². The largest absolute Gasteiger partial charge is 0.490 e. The third-order valence-electron chi connectivity index (χ3n) is 3.53. The van der Waals surface area contributed by atoms with Crippen molar-refractivity contribution in [3.8, 4) is 11.5 Å². The Kier molecular flexibility index (Phi) is 6.70. The van der Waals surface area contributed by atoms with Gasteiger partial charge in [-0.1, -0.05) is 23.7 Å². The number of halogens is 1. The van der Waals surface area contributed by atoms with Crippen LogP contribution in [0.15, 0.2) is 47.4 Å². The Bertz CT molecular complexity index is 806. The van der Waals surface area contributed by atoms with E-state index >= 15 is 0 Å². The number of ether oxygens (including phenoxy) is 2. The molecule has 0 aliphatic rings. The maximum Gasteiger partial charge on any atom is 0.241 e. The van der Waals surface area contributed by atoms with Gasteiger partial charge in [0, 0.05) is 17.1 Å². The molecule has 136 valence electrons. The normalized spacial score (nSPS) is 12.6. The van der Waals surface area contributed by atoms with Crippen molar-refractivity contribution in [2.75, 3.05) is 13.2 Å². The molecule has 0 fully saturated rings. The molecule has 0 saturated carbocycles. The predicted octanol–water partition coefficient (Wildman–Crippen LogP) is 4.18. The third-order valence-corrected chi connectivity index (χ3v) is 5.32. The summed E-state index contributed by atoms with van der Waals surface area (Å²) in [7, 11) is -3.71. The van der Waals surface area contributed by atoms with Gasteiger partial charge < -0.3 is 9.47 Å². The highest BCUT2D eigenvalue weighted by atomic mass is 35.5. The number of hydrogen-bond donors (Lipinski definition) is 1. The van der Waals surface area contributed by atoms with Crippen LogP contribution >= 0.6 is 11.6 Å². The lowest BCUT2D eigenvalue weighted by atomic mass is 10.1. The zero-order valence-electron chi connectivity index (χ0n) is 14.5. The summed E-state index contributed by atoms with van der Waals surface area (Å²) in [5.41, 5.74) is 0.823. The summed E-state index contributed by atoms with van der Waals surface area (Å²) in [5.74, 6) is 0.931. The van der Waals surface area contributed by atoms with Gasteiger partial charge >= 0.3 is 0 Å². The smallest absolute Gasteiger partial charge is 0.241 e. The van der Waals surface area contributed by atoms with Crippen molar-refractivity contribution in [1.82, 2.24) is 4.72 Å². The third kappa shape index (κ3) is 5.11. The van der Waals surface area contributed by atoms with Crippen molar-refractivity contribution in [2.45, 2.75) is 31.7 Å². The molecule has 1 N–H and O–H groups in total. The van der Waals surface area contributed by atoms with Crippen molar-refractivity contribution < 1.29 is 17.9 Å². The molecule has 0 heterocycles. The maximum absolute atomic E-state index is 12.7. The van der Waals surface area contributed by atoms with E-state index in [4.69, 9.17) is 21.1 Å². The van der Waals surface area contributed by atoms with Crippen molar-refractivity contribution in [3.05, 3.63) is 53.1 Å². The minimum absolute atomic E-state index is 0.125. The predicted molar refractivity (Wildman–Crippen MR) is 99.0 cm³/mol. The highest BCUT2D eigenvalue weighted by Crippen LogP contribution is 2.30. The van der Waals surface area contributed by atoms with E-state index in [-0.39, 0.29) is 4.90 Å². The van der Waals surface area contributed by atoms with E-state index in [9.17, 15) is 8.42 Å². The zero-order valence-corrected chi connectivity index (χ0v) is 16.0. The molecule has 0 aliphatic carbocycles. The fraction of sp³-hybridized carbons (Fsp3) is 0.333. The van der Waals surface area contributed by atoms with E-state index in [1.54, 1.807) is 37.3 Å². The molecule has 0 aliphatic heterocycles. The molecular weight excluding hydrogens is 362 g/mol. The van der Waals surface area contributed by atoms with Crippen LogP contribution in [0.4, 0.5) is 0 Å². The topological polar surface area (TPSA) is 64.6 Å². The molecule has 1 atom stereocenters. The summed E-state index contributed by atoms with van der Waals surface area (Å²) in [6.07, 6.45) is 0. The van der Waals surface area contributed by atoms with E-state index in [2.05, 4.69) is 4.72 Å². The highest BCUT2D eigenvalue weighted by Gasteiger charge is 2.20. The highest BCUT2D eigenvalue weighted by molar-refractivity contribution is 7.89. The first-order chi connectivity index (χ1) is 11.9. The molecule has 0 spiro atoms. The second-order valence-electron chi connectivity index (χ2n) is 5.37. The molecule has 1 unspecified atom stereocenters. The number of hydrogen-bond acceptors (Lipinski definition) is 4. The van der Waals surface area contributed by atoms with E-state index in [0.29, 0.717) is 29.7 Å². The van der Waals surface area contributed by atoms with Crippen molar-refractivity contribution in [3.63, 3.8) is 0 Å². The summed E-state index contributed by atoms with van der Waals surface area (Å²) in [5, 5.41) is 0.603. The van der Waals surface area contributed by atoms with E-state index in [1.165, 1.54) is 12.1 Å². The van der Waals surface area contributed by atoms with Crippen LogP contribution in [0.2, 0.25) is 5.02 Å². The fourth-order valence-electron chi connectivity index (χ4n) is 2.32. The van der Waals surface area contributed by atoms with Gasteiger partial charge in [0.25, 0.3) is 0 Å². The Balaban J connectivity index is 2.26. The van der Waals surface area contributed by atoms with Crippen LogP contribution in [0.25, 0.3) is 0 Å². The van der Waals surface area contributed by atoms with Crippen LogP contribution in [0, 0.1) is 0 Å². The van der Waals surface area contributed by atoms with Gasteiger partial charge in [0.2, 0.25) is 10.0 Å². The molecule has 2 aromatic rings. The van der Waals surface area contributed by atoms with E-state index in [1.807, 2.05) is 13.8 Å². The quantitative estimate of drug-likeness (QED) is 0.742. The van der Waals surface area contributed by atoms with Gasteiger partial charge in [0.05, 0.1) is 18.1 Å². The molecule has 7 heteroatoms. The molecule has 5 nitrogen and oxygen atoms in total. The van der Waals surface area contributed by atoms with Crippen molar-refractivity contribution >= 4 is 21.6 Å². The lowest BCUT2D eigenvalue weighted by Gasteiger charge is -2.16. The summed E-state index contributed by atoms with van der Waals surface area (Å²) < 4.78 is 39.0. The van der Waals surface area contributed by atoms with Gasteiger partial charge in [0.1, 0.15) is 0 Å².